The van der Waals surface area contributed by atoms with Gasteiger partial charge < -0.3 is 4.42 Å². The van der Waals surface area contributed by atoms with E-state index in [2.05, 4.69) is 53.5 Å². The summed E-state index contributed by atoms with van der Waals surface area (Å²) in [6.45, 7) is 0.843. The van der Waals surface area contributed by atoms with Crippen LogP contribution in [-0.4, -0.2) is 11.5 Å². The highest BCUT2D eigenvalue weighted by molar-refractivity contribution is 6.07. The summed E-state index contributed by atoms with van der Waals surface area (Å²) in [6.07, 6.45) is 5.10. The Morgan fingerprint density at radius 3 is 2.70 bits per heavy atom. The SMILES string of the molecule is C1=c2c(cc(-c3ccc4oc5ccccc5c4c3)c3cccnc23)=NCC1. The molecule has 0 spiro atoms. The molecule has 3 heterocycles. The Kier molecular flexibility index (Phi) is 3.00. The molecular formula is C24H16N2O. The van der Waals surface area contributed by atoms with E-state index >= 15 is 0 Å². The molecule has 0 unspecified atom stereocenters. The molecule has 0 N–H and O–H groups in total. The first kappa shape index (κ1) is 14.7. The fourth-order valence-electron chi connectivity index (χ4n) is 4.11. The van der Waals surface area contributed by atoms with E-state index in [0.717, 1.165) is 61.9 Å². The van der Waals surface area contributed by atoms with Gasteiger partial charge in [-0.2, -0.15) is 0 Å². The van der Waals surface area contributed by atoms with Gasteiger partial charge in [0.05, 0.1) is 10.9 Å². The molecule has 5 aromatic rings. The van der Waals surface area contributed by atoms with Crippen LogP contribution in [0.2, 0.25) is 0 Å². The predicted molar refractivity (Wildman–Crippen MR) is 109 cm³/mol. The van der Waals surface area contributed by atoms with Gasteiger partial charge >= 0.3 is 0 Å². The third-order valence-corrected chi connectivity index (χ3v) is 5.36. The van der Waals surface area contributed by atoms with Crippen molar-refractivity contribution in [1.29, 1.82) is 0 Å². The van der Waals surface area contributed by atoms with Crippen LogP contribution in [0.15, 0.2) is 76.3 Å². The zero-order valence-electron chi connectivity index (χ0n) is 14.6. The summed E-state index contributed by atoms with van der Waals surface area (Å²) in [7, 11) is 0. The number of hydrogen-bond donors (Lipinski definition) is 0. The van der Waals surface area contributed by atoms with Crippen LogP contribution in [0.3, 0.4) is 0 Å². The summed E-state index contributed by atoms with van der Waals surface area (Å²) in [5.74, 6) is 0. The molecule has 1 aliphatic heterocycles. The van der Waals surface area contributed by atoms with Gasteiger partial charge in [0.15, 0.2) is 0 Å². The van der Waals surface area contributed by atoms with Crippen LogP contribution in [0.1, 0.15) is 6.42 Å². The lowest BCUT2D eigenvalue weighted by molar-refractivity contribution is 0.669. The maximum Gasteiger partial charge on any atom is 0.135 e. The molecule has 2 aromatic heterocycles. The maximum atomic E-state index is 5.99. The number of rotatable bonds is 1. The third kappa shape index (κ3) is 2.15. The van der Waals surface area contributed by atoms with Crippen molar-refractivity contribution < 1.29 is 4.42 Å². The lowest BCUT2D eigenvalue weighted by atomic mass is 9.97. The van der Waals surface area contributed by atoms with Crippen molar-refractivity contribution >= 4 is 38.9 Å². The van der Waals surface area contributed by atoms with Crippen molar-refractivity contribution in [1.82, 2.24) is 4.98 Å². The van der Waals surface area contributed by atoms with Crippen molar-refractivity contribution in [2.24, 2.45) is 4.99 Å². The van der Waals surface area contributed by atoms with Crippen LogP contribution < -0.4 is 10.6 Å². The largest absolute Gasteiger partial charge is 0.456 e. The molecule has 0 bridgehead atoms. The zero-order chi connectivity index (χ0) is 17.8. The minimum Gasteiger partial charge on any atom is -0.456 e. The number of hydrogen-bond acceptors (Lipinski definition) is 3. The van der Waals surface area contributed by atoms with Crippen molar-refractivity contribution in [3.05, 3.63) is 77.4 Å². The molecule has 3 nitrogen and oxygen atoms in total. The summed E-state index contributed by atoms with van der Waals surface area (Å²) in [5.41, 5.74) is 5.20. The van der Waals surface area contributed by atoms with Crippen molar-refractivity contribution in [2.75, 3.05) is 6.54 Å². The summed E-state index contributed by atoms with van der Waals surface area (Å²) in [4.78, 5) is 9.41. The predicted octanol–water partition coefficient (Wildman–Crippen LogP) is 4.61. The number of aromatic nitrogens is 1. The Morgan fingerprint density at radius 2 is 1.70 bits per heavy atom. The zero-order valence-corrected chi connectivity index (χ0v) is 14.6. The molecule has 0 radical (unpaired) electrons. The van der Waals surface area contributed by atoms with Crippen molar-refractivity contribution in [3.8, 4) is 11.1 Å². The molecule has 1 aliphatic rings. The molecule has 27 heavy (non-hydrogen) atoms. The van der Waals surface area contributed by atoms with E-state index in [1.807, 2.05) is 24.4 Å². The fourth-order valence-corrected chi connectivity index (χ4v) is 4.11. The van der Waals surface area contributed by atoms with E-state index in [4.69, 9.17) is 9.41 Å². The molecular weight excluding hydrogens is 332 g/mol. The van der Waals surface area contributed by atoms with Gasteiger partial charge in [0.1, 0.15) is 11.2 Å². The van der Waals surface area contributed by atoms with Gasteiger partial charge in [-0.15, -0.1) is 0 Å². The van der Waals surface area contributed by atoms with Crippen molar-refractivity contribution in [2.45, 2.75) is 6.42 Å². The van der Waals surface area contributed by atoms with Gasteiger partial charge in [0.25, 0.3) is 0 Å². The normalized spacial score (nSPS) is 13.5. The van der Waals surface area contributed by atoms with Crippen LogP contribution in [0.5, 0.6) is 0 Å². The van der Waals surface area contributed by atoms with Gasteiger partial charge in [-0.05, 0) is 47.9 Å². The van der Waals surface area contributed by atoms with Crippen LogP contribution >= 0.6 is 0 Å². The monoisotopic (exact) mass is 348 g/mol. The Morgan fingerprint density at radius 1 is 0.815 bits per heavy atom. The third-order valence-electron chi connectivity index (χ3n) is 5.36. The lowest BCUT2D eigenvalue weighted by Gasteiger charge is -2.10. The second kappa shape index (κ2) is 5.52. The van der Waals surface area contributed by atoms with Gasteiger partial charge in [-0.3, -0.25) is 9.98 Å². The Balaban J connectivity index is 1.72. The fraction of sp³-hybridized carbons (Fsp3) is 0.0833. The Labute approximate surface area is 155 Å². The smallest absolute Gasteiger partial charge is 0.135 e. The van der Waals surface area contributed by atoms with E-state index < -0.39 is 0 Å². The van der Waals surface area contributed by atoms with Gasteiger partial charge in [0, 0.05) is 34.1 Å². The highest BCUT2D eigenvalue weighted by Gasteiger charge is 2.12. The summed E-state index contributed by atoms with van der Waals surface area (Å²) in [5, 5.41) is 5.65. The van der Waals surface area contributed by atoms with Crippen LogP contribution in [0.25, 0.3) is 50.0 Å². The molecule has 128 valence electrons. The topological polar surface area (TPSA) is 38.4 Å². The second-order valence-electron chi connectivity index (χ2n) is 6.94. The minimum atomic E-state index is 0.843. The number of nitrogens with zero attached hydrogens (tertiary/aromatic N) is 2. The molecule has 0 saturated heterocycles. The average molecular weight is 348 g/mol. The molecule has 3 aromatic carbocycles. The standard InChI is InChI=1S/C24H16N2O/c1-2-8-22-16(5-1)20-13-15(9-10-23(20)27-22)19-14-21-18(7-4-11-25-21)24-17(19)6-3-12-26-24/h1-3,5-10,12-14H,4,11H2. The van der Waals surface area contributed by atoms with Crippen LogP contribution in [0.4, 0.5) is 0 Å². The maximum absolute atomic E-state index is 5.99. The first-order chi connectivity index (χ1) is 13.4. The van der Waals surface area contributed by atoms with Gasteiger partial charge in [0.2, 0.25) is 0 Å². The quantitative estimate of drug-likeness (QED) is 0.444. The number of fused-ring (bicyclic) bond motifs is 6. The van der Waals surface area contributed by atoms with Gasteiger partial charge in [-0.1, -0.05) is 36.4 Å². The molecule has 0 atom stereocenters. The minimum absolute atomic E-state index is 0.843. The number of para-hydroxylation sites is 1. The van der Waals surface area contributed by atoms with Crippen molar-refractivity contribution in [3.63, 3.8) is 0 Å². The van der Waals surface area contributed by atoms with Gasteiger partial charge in [-0.25, -0.2) is 0 Å². The first-order valence-corrected chi connectivity index (χ1v) is 9.22. The van der Waals surface area contributed by atoms with Crippen LogP contribution in [-0.2, 0) is 0 Å². The Bertz CT molecular complexity index is 1480. The first-order valence-electron chi connectivity index (χ1n) is 9.22. The highest BCUT2D eigenvalue weighted by atomic mass is 16.3. The van der Waals surface area contributed by atoms with E-state index in [0.29, 0.717) is 0 Å². The highest BCUT2D eigenvalue weighted by Crippen LogP contribution is 2.33. The molecule has 0 amide bonds. The van der Waals surface area contributed by atoms with E-state index in [9.17, 15) is 0 Å². The number of furan rings is 1. The summed E-state index contributed by atoms with van der Waals surface area (Å²) >= 11 is 0. The van der Waals surface area contributed by atoms with Crippen LogP contribution in [0, 0.1) is 0 Å². The molecule has 0 aliphatic carbocycles. The molecule has 0 saturated carbocycles. The molecule has 3 heteroatoms. The number of pyridine rings is 1. The van der Waals surface area contributed by atoms with E-state index in [1.165, 1.54) is 5.56 Å². The lowest BCUT2D eigenvalue weighted by Crippen LogP contribution is -2.29. The molecule has 6 rings (SSSR count). The van der Waals surface area contributed by atoms with E-state index in [-0.39, 0.29) is 0 Å². The Hall–Kier alpha value is -3.46. The molecule has 0 fully saturated rings. The van der Waals surface area contributed by atoms with E-state index in [1.54, 1.807) is 0 Å². The average Bonchev–Trinajstić information content (AvgIpc) is 3.11. The number of benzene rings is 3. The summed E-state index contributed by atoms with van der Waals surface area (Å²) in [6, 6.07) is 21.0. The summed E-state index contributed by atoms with van der Waals surface area (Å²) < 4.78 is 5.99. The second-order valence-corrected chi connectivity index (χ2v) is 6.94.